The Bertz CT molecular complexity index is 671. The summed E-state index contributed by atoms with van der Waals surface area (Å²) in [6.07, 6.45) is 6.57. The predicted molar refractivity (Wildman–Crippen MR) is 82.1 cm³/mol. The molecule has 2 aromatic heterocycles. The Kier molecular flexibility index (Phi) is 3.71. The van der Waals surface area contributed by atoms with Gasteiger partial charge in [-0.05, 0) is 25.0 Å². The van der Waals surface area contributed by atoms with Crippen LogP contribution in [0.3, 0.4) is 0 Å². The molecule has 0 saturated heterocycles. The van der Waals surface area contributed by atoms with Crippen molar-refractivity contribution in [1.82, 2.24) is 10.1 Å². The standard InChI is InChI=1S/C17H18N2O3/c1-3-9-19(10-4-2)16(20)17(7-8-17)15-12-14(22-18-15)13-6-5-11-21-13/h3-6,11-12H,1-2,7-10H2. The first-order chi connectivity index (χ1) is 10.7. The topological polar surface area (TPSA) is 59.5 Å². The Morgan fingerprint density at radius 3 is 2.59 bits per heavy atom. The number of hydrogen-bond donors (Lipinski definition) is 0. The minimum atomic E-state index is -0.569. The monoisotopic (exact) mass is 298 g/mol. The lowest BCUT2D eigenvalue weighted by molar-refractivity contribution is -0.133. The van der Waals surface area contributed by atoms with Crippen LogP contribution in [0.4, 0.5) is 0 Å². The third-order valence-electron chi connectivity index (χ3n) is 3.91. The van der Waals surface area contributed by atoms with Crippen molar-refractivity contribution in [2.24, 2.45) is 0 Å². The molecule has 1 saturated carbocycles. The highest BCUT2D eigenvalue weighted by molar-refractivity contribution is 5.91. The molecule has 0 aliphatic heterocycles. The third kappa shape index (κ3) is 2.39. The van der Waals surface area contributed by atoms with Gasteiger partial charge >= 0.3 is 0 Å². The maximum Gasteiger partial charge on any atom is 0.235 e. The third-order valence-corrected chi connectivity index (χ3v) is 3.91. The van der Waals surface area contributed by atoms with E-state index in [1.165, 1.54) is 0 Å². The fourth-order valence-electron chi connectivity index (χ4n) is 2.59. The maximum atomic E-state index is 12.8. The van der Waals surface area contributed by atoms with Crippen LogP contribution in [0.15, 0.2) is 58.7 Å². The zero-order valence-electron chi connectivity index (χ0n) is 12.3. The summed E-state index contributed by atoms with van der Waals surface area (Å²) in [5.74, 6) is 1.20. The predicted octanol–water partition coefficient (Wildman–Crippen LogP) is 3.17. The van der Waals surface area contributed by atoms with Gasteiger partial charge in [0.15, 0.2) is 5.76 Å². The molecule has 1 aliphatic carbocycles. The molecule has 114 valence electrons. The van der Waals surface area contributed by atoms with E-state index < -0.39 is 5.41 Å². The van der Waals surface area contributed by atoms with Crippen molar-refractivity contribution in [2.75, 3.05) is 13.1 Å². The number of aromatic nitrogens is 1. The second-order valence-electron chi connectivity index (χ2n) is 5.42. The molecule has 1 amide bonds. The Labute approximate surface area is 128 Å². The minimum Gasteiger partial charge on any atom is -0.461 e. The van der Waals surface area contributed by atoms with Crippen molar-refractivity contribution in [1.29, 1.82) is 0 Å². The summed E-state index contributed by atoms with van der Waals surface area (Å²) in [4.78, 5) is 14.6. The average Bonchev–Trinajstić information content (AvgIpc) is 2.94. The van der Waals surface area contributed by atoms with Gasteiger partial charge in [-0.3, -0.25) is 4.79 Å². The molecule has 3 rings (SSSR count). The highest BCUT2D eigenvalue weighted by Crippen LogP contribution is 2.49. The van der Waals surface area contributed by atoms with Crippen molar-refractivity contribution in [3.8, 4) is 11.5 Å². The summed E-state index contributed by atoms with van der Waals surface area (Å²) in [6.45, 7) is 8.40. The summed E-state index contributed by atoms with van der Waals surface area (Å²) < 4.78 is 10.6. The lowest BCUT2D eigenvalue weighted by Gasteiger charge is -2.24. The molecule has 0 atom stereocenters. The quantitative estimate of drug-likeness (QED) is 0.737. The van der Waals surface area contributed by atoms with Gasteiger partial charge in [-0.15, -0.1) is 13.2 Å². The summed E-state index contributed by atoms with van der Waals surface area (Å²) in [6, 6.07) is 5.38. The molecule has 1 fully saturated rings. The Hall–Kier alpha value is -2.56. The van der Waals surface area contributed by atoms with Gasteiger partial charge < -0.3 is 13.8 Å². The molecule has 0 spiro atoms. The first-order valence-electron chi connectivity index (χ1n) is 7.23. The van der Waals surface area contributed by atoms with E-state index in [-0.39, 0.29) is 5.91 Å². The normalized spacial score (nSPS) is 15.3. The number of furan rings is 1. The van der Waals surface area contributed by atoms with Crippen LogP contribution in [0.2, 0.25) is 0 Å². The average molecular weight is 298 g/mol. The SMILES string of the molecule is C=CCN(CC=C)C(=O)C1(c2cc(-c3ccco3)on2)CC1. The number of rotatable bonds is 7. The summed E-state index contributed by atoms with van der Waals surface area (Å²) in [5, 5.41) is 4.10. The van der Waals surface area contributed by atoms with Crippen molar-refractivity contribution in [2.45, 2.75) is 18.3 Å². The van der Waals surface area contributed by atoms with E-state index in [1.54, 1.807) is 41.5 Å². The molecule has 0 radical (unpaired) electrons. The van der Waals surface area contributed by atoms with E-state index in [2.05, 4.69) is 18.3 Å². The van der Waals surface area contributed by atoms with Crippen LogP contribution in [0.25, 0.3) is 11.5 Å². The molecule has 1 aliphatic rings. The number of nitrogens with zero attached hydrogens (tertiary/aromatic N) is 2. The molecule has 0 N–H and O–H groups in total. The summed E-state index contributed by atoms with van der Waals surface area (Å²) >= 11 is 0. The molecule has 0 unspecified atom stereocenters. The van der Waals surface area contributed by atoms with Gasteiger partial charge in [0, 0.05) is 19.2 Å². The molecular weight excluding hydrogens is 280 g/mol. The van der Waals surface area contributed by atoms with Crippen LogP contribution in [0.5, 0.6) is 0 Å². The first-order valence-corrected chi connectivity index (χ1v) is 7.23. The van der Waals surface area contributed by atoms with Gasteiger partial charge in [0.25, 0.3) is 0 Å². The lowest BCUT2D eigenvalue weighted by Crippen LogP contribution is -2.39. The van der Waals surface area contributed by atoms with Crippen molar-refractivity contribution >= 4 is 5.91 Å². The zero-order valence-corrected chi connectivity index (χ0v) is 12.3. The van der Waals surface area contributed by atoms with Crippen molar-refractivity contribution in [3.05, 3.63) is 55.5 Å². The maximum absolute atomic E-state index is 12.8. The molecule has 0 aromatic carbocycles. The molecule has 5 heteroatoms. The van der Waals surface area contributed by atoms with Crippen LogP contribution in [0.1, 0.15) is 18.5 Å². The van der Waals surface area contributed by atoms with Crippen LogP contribution in [-0.2, 0) is 10.2 Å². The fourth-order valence-corrected chi connectivity index (χ4v) is 2.59. The first kappa shape index (κ1) is 14.4. The van der Waals surface area contributed by atoms with E-state index in [0.29, 0.717) is 30.3 Å². The Morgan fingerprint density at radius 1 is 1.32 bits per heavy atom. The van der Waals surface area contributed by atoms with Crippen LogP contribution >= 0.6 is 0 Å². The Balaban J connectivity index is 1.85. The van der Waals surface area contributed by atoms with Crippen molar-refractivity contribution in [3.63, 3.8) is 0 Å². The van der Waals surface area contributed by atoms with E-state index >= 15 is 0 Å². The number of hydrogen-bond acceptors (Lipinski definition) is 4. The van der Waals surface area contributed by atoms with Crippen LogP contribution < -0.4 is 0 Å². The molecule has 2 heterocycles. The van der Waals surface area contributed by atoms with Crippen molar-refractivity contribution < 1.29 is 13.7 Å². The van der Waals surface area contributed by atoms with Gasteiger partial charge in [0.1, 0.15) is 0 Å². The van der Waals surface area contributed by atoms with Gasteiger partial charge in [-0.1, -0.05) is 17.3 Å². The highest BCUT2D eigenvalue weighted by Gasteiger charge is 2.55. The highest BCUT2D eigenvalue weighted by atomic mass is 16.5. The number of carbonyl (C=O) groups excluding carboxylic acids is 1. The van der Waals surface area contributed by atoms with Gasteiger partial charge in [-0.2, -0.15) is 0 Å². The van der Waals surface area contributed by atoms with E-state index in [0.717, 1.165) is 12.8 Å². The molecule has 5 nitrogen and oxygen atoms in total. The zero-order chi connectivity index (χ0) is 15.6. The van der Waals surface area contributed by atoms with Crippen LogP contribution in [-0.4, -0.2) is 29.1 Å². The number of amides is 1. The second kappa shape index (κ2) is 5.67. The van der Waals surface area contributed by atoms with E-state index in [9.17, 15) is 4.79 Å². The smallest absolute Gasteiger partial charge is 0.235 e. The largest absolute Gasteiger partial charge is 0.461 e. The molecular formula is C17H18N2O3. The van der Waals surface area contributed by atoms with E-state index in [1.807, 2.05) is 0 Å². The minimum absolute atomic E-state index is 0.0478. The summed E-state index contributed by atoms with van der Waals surface area (Å²) in [5.41, 5.74) is 0.0995. The summed E-state index contributed by atoms with van der Waals surface area (Å²) in [7, 11) is 0. The molecule has 0 bridgehead atoms. The van der Waals surface area contributed by atoms with E-state index in [4.69, 9.17) is 8.94 Å². The van der Waals surface area contributed by atoms with Gasteiger partial charge in [-0.25, -0.2) is 0 Å². The van der Waals surface area contributed by atoms with Gasteiger partial charge in [0.05, 0.1) is 17.4 Å². The molecule has 2 aromatic rings. The lowest BCUT2D eigenvalue weighted by atomic mass is 10.00. The van der Waals surface area contributed by atoms with Gasteiger partial charge in [0.2, 0.25) is 11.7 Å². The Morgan fingerprint density at radius 2 is 2.05 bits per heavy atom. The second-order valence-corrected chi connectivity index (χ2v) is 5.42. The molecule has 22 heavy (non-hydrogen) atoms. The van der Waals surface area contributed by atoms with Crippen LogP contribution in [0, 0.1) is 0 Å². The fraction of sp³-hybridized carbons (Fsp3) is 0.294. The number of carbonyl (C=O) groups is 1.